The van der Waals surface area contributed by atoms with Crippen LogP contribution in [0, 0.1) is 0 Å². The number of hydrogen-bond donors (Lipinski definition) is 0. The van der Waals surface area contributed by atoms with Gasteiger partial charge in [-0.2, -0.15) is 0 Å². The summed E-state index contributed by atoms with van der Waals surface area (Å²) in [5.41, 5.74) is 4.29. The number of carbonyl (C=O) groups excluding carboxylic acids is 1. The fourth-order valence-corrected chi connectivity index (χ4v) is 5.11. The molecular formula is C29H23BrClNO2. The molecule has 0 aliphatic carbocycles. The molecule has 4 aromatic carbocycles. The van der Waals surface area contributed by atoms with Crippen molar-refractivity contribution in [1.29, 1.82) is 0 Å². The third-order valence-corrected chi connectivity index (χ3v) is 7.20. The van der Waals surface area contributed by atoms with E-state index in [1.165, 1.54) is 0 Å². The van der Waals surface area contributed by atoms with Crippen molar-refractivity contribution >= 4 is 44.9 Å². The fraction of sp³-hybridized carbons (Fsp3) is 0.138. The second-order valence-corrected chi connectivity index (χ2v) is 10.1. The van der Waals surface area contributed by atoms with E-state index in [2.05, 4.69) is 52.0 Å². The van der Waals surface area contributed by atoms with Crippen molar-refractivity contribution in [2.45, 2.75) is 18.4 Å². The van der Waals surface area contributed by atoms with E-state index in [0.29, 0.717) is 17.1 Å². The highest BCUT2D eigenvalue weighted by atomic mass is 79.9. The minimum absolute atomic E-state index is 0.357. The first-order valence-corrected chi connectivity index (χ1v) is 12.3. The molecule has 1 aliphatic rings. The number of halogens is 2. The number of hydrogen-bond acceptors (Lipinski definition) is 3. The second kappa shape index (κ2) is 9.28. The molecule has 34 heavy (non-hydrogen) atoms. The van der Waals surface area contributed by atoms with Crippen molar-refractivity contribution in [3.63, 3.8) is 0 Å². The van der Waals surface area contributed by atoms with Crippen LogP contribution < -0.4 is 4.90 Å². The third-order valence-electron chi connectivity index (χ3n) is 6.42. The standard InChI is InChI=1S/C29H23BrClNO2/c1-29(19-32(24-7-3-2-4-8-24)26-10-6-5-9-25(26)29)27(20-13-17-23(31)18-14-20)34-28(33)21-11-15-22(30)16-12-21/h2-18,27H,19H2,1H3/t27-,29-/m0/s1. The van der Waals surface area contributed by atoms with Gasteiger partial charge < -0.3 is 9.64 Å². The molecular weight excluding hydrogens is 510 g/mol. The van der Waals surface area contributed by atoms with E-state index in [1.807, 2.05) is 66.7 Å². The summed E-state index contributed by atoms with van der Waals surface area (Å²) in [6.07, 6.45) is -0.518. The van der Waals surface area contributed by atoms with Crippen LogP contribution in [0.4, 0.5) is 11.4 Å². The van der Waals surface area contributed by atoms with Crippen LogP contribution >= 0.6 is 27.5 Å². The Hall–Kier alpha value is -3.08. The number of fused-ring (bicyclic) bond motifs is 1. The first-order chi connectivity index (χ1) is 16.5. The highest BCUT2D eigenvalue weighted by molar-refractivity contribution is 9.10. The summed E-state index contributed by atoms with van der Waals surface area (Å²) in [4.78, 5) is 15.6. The SMILES string of the molecule is C[C@]1([C@@H](OC(=O)c2ccc(Br)cc2)c2ccc(Cl)cc2)CN(c2ccccc2)c2ccccc21. The summed E-state index contributed by atoms with van der Waals surface area (Å²) in [5, 5.41) is 0.643. The molecule has 0 fully saturated rings. The summed E-state index contributed by atoms with van der Waals surface area (Å²) in [6.45, 7) is 2.83. The van der Waals surface area contributed by atoms with Gasteiger partial charge in [0, 0.05) is 27.4 Å². The van der Waals surface area contributed by atoms with Crippen LogP contribution in [0.15, 0.2) is 108 Å². The van der Waals surface area contributed by atoms with Gasteiger partial charge in [0.1, 0.15) is 6.10 Å². The van der Waals surface area contributed by atoms with Crippen molar-refractivity contribution in [3.05, 3.63) is 129 Å². The molecule has 0 amide bonds. The van der Waals surface area contributed by atoms with Crippen LogP contribution in [-0.4, -0.2) is 12.5 Å². The number of para-hydroxylation sites is 2. The molecule has 0 N–H and O–H groups in total. The number of rotatable bonds is 5. The smallest absolute Gasteiger partial charge is 0.338 e. The lowest BCUT2D eigenvalue weighted by Gasteiger charge is -2.35. The molecule has 5 heteroatoms. The Morgan fingerprint density at radius 3 is 2.26 bits per heavy atom. The van der Waals surface area contributed by atoms with Crippen molar-refractivity contribution in [2.75, 3.05) is 11.4 Å². The summed E-state index contributed by atoms with van der Waals surface area (Å²) < 4.78 is 7.22. The molecule has 0 spiro atoms. The maximum atomic E-state index is 13.3. The Morgan fingerprint density at radius 2 is 1.56 bits per heavy atom. The highest BCUT2D eigenvalue weighted by Gasteiger charge is 2.47. The van der Waals surface area contributed by atoms with Gasteiger partial charge in [-0.25, -0.2) is 4.79 Å². The number of carbonyl (C=O) groups is 1. The van der Waals surface area contributed by atoms with Gasteiger partial charge in [-0.1, -0.05) is 76.1 Å². The number of nitrogens with zero attached hydrogens (tertiary/aromatic N) is 1. The largest absolute Gasteiger partial charge is 0.453 e. The fourth-order valence-electron chi connectivity index (χ4n) is 4.72. The molecule has 0 saturated heterocycles. The van der Waals surface area contributed by atoms with Crippen LogP contribution in [0.3, 0.4) is 0 Å². The summed E-state index contributed by atoms with van der Waals surface area (Å²) in [6, 6.07) is 33.5. The maximum absolute atomic E-state index is 13.3. The average molecular weight is 533 g/mol. The van der Waals surface area contributed by atoms with Gasteiger partial charge in [0.05, 0.1) is 11.0 Å². The lowest BCUT2D eigenvalue weighted by molar-refractivity contribution is 0.00980. The normalized spacial score (nSPS) is 17.8. The minimum Gasteiger partial charge on any atom is -0.453 e. The van der Waals surface area contributed by atoms with E-state index in [4.69, 9.17) is 16.3 Å². The van der Waals surface area contributed by atoms with Crippen molar-refractivity contribution in [1.82, 2.24) is 0 Å². The first kappa shape index (κ1) is 22.7. The number of esters is 1. The molecule has 0 saturated carbocycles. The molecule has 0 radical (unpaired) electrons. The van der Waals surface area contributed by atoms with Crippen LogP contribution in [0.25, 0.3) is 0 Å². The molecule has 0 aromatic heterocycles. The van der Waals surface area contributed by atoms with E-state index in [1.54, 1.807) is 12.1 Å². The average Bonchev–Trinajstić information content (AvgIpc) is 3.18. The van der Waals surface area contributed by atoms with Crippen LogP contribution in [0.5, 0.6) is 0 Å². The minimum atomic E-state index is -0.518. The Bertz CT molecular complexity index is 1310. The van der Waals surface area contributed by atoms with Gasteiger partial charge in [-0.3, -0.25) is 0 Å². The number of ether oxygens (including phenoxy) is 1. The topological polar surface area (TPSA) is 29.5 Å². The molecule has 1 aliphatic heterocycles. The Morgan fingerprint density at radius 1 is 0.912 bits per heavy atom. The highest BCUT2D eigenvalue weighted by Crippen LogP contribution is 2.51. The predicted octanol–water partition coefficient (Wildman–Crippen LogP) is 8.11. The van der Waals surface area contributed by atoms with Gasteiger partial charge in [-0.05, 0) is 72.6 Å². The van der Waals surface area contributed by atoms with Crippen LogP contribution in [0.2, 0.25) is 5.02 Å². The summed E-state index contributed by atoms with van der Waals surface area (Å²) >= 11 is 9.62. The lowest BCUT2D eigenvalue weighted by Crippen LogP contribution is -2.37. The maximum Gasteiger partial charge on any atom is 0.338 e. The zero-order chi connectivity index (χ0) is 23.7. The number of benzene rings is 4. The van der Waals surface area contributed by atoms with Crippen LogP contribution in [-0.2, 0) is 10.2 Å². The quantitative estimate of drug-likeness (QED) is 0.243. The van der Waals surface area contributed by atoms with Gasteiger partial charge in [-0.15, -0.1) is 0 Å². The first-order valence-electron chi connectivity index (χ1n) is 11.1. The monoisotopic (exact) mass is 531 g/mol. The summed E-state index contributed by atoms with van der Waals surface area (Å²) in [7, 11) is 0. The zero-order valence-corrected chi connectivity index (χ0v) is 21.0. The molecule has 5 rings (SSSR count). The predicted molar refractivity (Wildman–Crippen MR) is 141 cm³/mol. The molecule has 170 valence electrons. The Balaban J connectivity index is 1.59. The van der Waals surface area contributed by atoms with E-state index < -0.39 is 11.5 Å². The third kappa shape index (κ3) is 4.24. The molecule has 3 nitrogen and oxygen atoms in total. The van der Waals surface area contributed by atoms with Gasteiger partial charge >= 0.3 is 5.97 Å². The van der Waals surface area contributed by atoms with Crippen LogP contribution in [0.1, 0.15) is 34.5 Å². The Kier molecular flexibility index (Phi) is 6.20. The molecule has 0 unspecified atom stereocenters. The lowest BCUT2D eigenvalue weighted by atomic mass is 9.76. The van der Waals surface area contributed by atoms with Gasteiger partial charge in [0.2, 0.25) is 0 Å². The van der Waals surface area contributed by atoms with Crippen molar-refractivity contribution in [3.8, 4) is 0 Å². The van der Waals surface area contributed by atoms with Gasteiger partial charge in [0.15, 0.2) is 0 Å². The molecule has 0 bridgehead atoms. The van der Waals surface area contributed by atoms with E-state index in [-0.39, 0.29) is 5.97 Å². The van der Waals surface area contributed by atoms with E-state index in [0.717, 1.165) is 27.0 Å². The second-order valence-electron chi connectivity index (χ2n) is 8.70. The molecule has 4 aromatic rings. The number of anilines is 2. The zero-order valence-electron chi connectivity index (χ0n) is 18.6. The van der Waals surface area contributed by atoms with E-state index >= 15 is 0 Å². The molecule has 1 heterocycles. The van der Waals surface area contributed by atoms with E-state index in [9.17, 15) is 4.79 Å². The Labute approximate surface area is 213 Å². The van der Waals surface area contributed by atoms with Gasteiger partial charge in [0.25, 0.3) is 0 Å². The van der Waals surface area contributed by atoms with Crippen molar-refractivity contribution in [2.24, 2.45) is 0 Å². The molecule has 2 atom stereocenters. The van der Waals surface area contributed by atoms with Crippen molar-refractivity contribution < 1.29 is 9.53 Å². The summed E-state index contributed by atoms with van der Waals surface area (Å²) in [5.74, 6) is -0.357.